The predicted molar refractivity (Wildman–Crippen MR) is 492 cm³/mol. The number of aromatic nitrogens is 4. The first-order valence-corrected chi connectivity index (χ1v) is 47.7. The van der Waals surface area contributed by atoms with E-state index in [-0.39, 0.29) is 11.8 Å². The molecule has 16 nitrogen and oxygen atoms in total. The molecule has 3 aromatic heterocycles. The van der Waals surface area contributed by atoms with Gasteiger partial charge in [0.05, 0.1) is 22.8 Å². The van der Waals surface area contributed by atoms with Crippen LogP contribution >= 0.6 is 0 Å². The van der Waals surface area contributed by atoms with Crippen molar-refractivity contribution in [2.24, 2.45) is 0 Å². The molecule has 114 heavy (non-hydrogen) atoms. The van der Waals surface area contributed by atoms with Crippen LogP contribution in [-0.2, 0) is 22.4 Å². The van der Waals surface area contributed by atoms with Gasteiger partial charge in [-0.1, -0.05) is 169 Å². The molecule has 646 valence electrons. The van der Waals surface area contributed by atoms with Gasteiger partial charge in [0.1, 0.15) is 0 Å². The number of fused-ring (bicyclic) bond motifs is 8. The van der Waals surface area contributed by atoms with Crippen LogP contribution in [-0.4, -0.2) is 243 Å². The molecule has 2 amide bonds. The van der Waals surface area contributed by atoms with Crippen LogP contribution in [0.3, 0.4) is 0 Å². The molecular formula is C98H172N14O2. The lowest BCUT2D eigenvalue weighted by Crippen LogP contribution is -2.38. The Kier molecular flexibility index (Phi) is 47.2. The number of aromatic amines is 2. The zero-order valence-corrected chi connectivity index (χ0v) is 76.2. The minimum atomic E-state index is 0.0873. The number of carbonyl (C=O) groups excluding carboxylic acids is 2. The van der Waals surface area contributed by atoms with E-state index >= 15 is 0 Å². The Labute approximate surface area is 698 Å². The van der Waals surface area contributed by atoms with Crippen LogP contribution in [0.15, 0.2) is 24.3 Å². The minimum Gasteiger partial charge on any atom is -0.356 e. The van der Waals surface area contributed by atoms with Gasteiger partial charge in [0.15, 0.2) is 0 Å². The molecule has 0 spiro atoms. The third-order valence-corrected chi connectivity index (χ3v) is 26.5. The second kappa shape index (κ2) is 55.9. The molecule has 4 N–H and O–H groups in total. The standard InChI is InChI=1S/C98H172N14O2/c1-15-19-21-23-25-27-29-31-33-35-37-49-83-55-73-111(71-47-65-107(11)61-41-39-59-105(9)63-45-67-109(83)13)69-43-57-99-97(113)53-51-87-81(7)90-75-89-79(5)85(17-3)93(101-89)76-91-80(6)86(18-4)94(102-91)77-92-82(8)88(96(104-92)78-95(87)103-90)52-54-98(114)100-58-44-70-112-72-48-66-108(12)62-42-40-60-106(10)64-46-68-110(14)84(56-74-112)50-38-36-34-32-30-28-26-24-22-20-16-2/h75-78,83-84,102-103H,15-74H2,1-14H3,(H,99,113)(H,100,114). The summed E-state index contributed by atoms with van der Waals surface area (Å²) in [7, 11) is 14.1. The molecule has 8 bridgehead atoms. The highest BCUT2D eigenvalue weighted by atomic mass is 16.2. The summed E-state index contributed by atoms with van der Waals surface area (Å²) < 4.78 is 0. The average Bonchev–Trinajstić information content (AvgIpc) is 1.62. The zero-order valence-electron chi connectivity index (χ0n) is 76.2. The fourth-order valence-corrected chi connectivity index (χ4v) is 18.7. The van der Waals surface area contributed by atoms with E-state index in [1.54, 1.807) is 0 Å². The largest absolute Gasteiger partial charge is 0.356 e. The summed E-state index contributed by atoms with van der Waals surface area (Å²) in [6.45, 7) is 37.2. The Morgan fingerprint density at radius 2 is 0.711 bits per heavy atom. The summed E-state index contributed by atoms with van der Waals surface area (Å²) in [5, 5.41) is 6.83. The quantitative estimate of drug-likeness (QED) is 0.0403. The number of aryl methyl sites for hydroxylation is 4. The maximum atomic E-state index is 14.3. The number of rotatable bonds is 40. The van der Waals surface area contributed by atoms with Gasteiger partial charge in [0, 0.05) is 60.1 Å². The normalized spacial score (nSPS) is 19.1. The fourth-order valence-electron chi connectivity index (χ4n) is 18.7. The van der Waals surface area contributed by atoms with Crippen molar-refractivity contribution in [3.8, 4) is 0 Å². The molecule has 0 saturated carbocycles. The number of allylic oxidation sites excluding steroid dienone is 4. The van der Waals surface area contributed by atoms with Gasteiger partial charge in [-0.05, 0) is 359 Å². The second-order valence-corrected chi connectivity index (χ2v) is 36.0. The van der Waals surface area contributed by atoms with E-state index in [9.17, 15) is 9.59 Å². The highest BCUT2D eigenvalue weighted by Crippen LogP contribution is 2.38. The third kappa shape index (κ3) is 35.3. The molecule has 3 aromatic rings. The number of hydrogen-bond donors (Lipinski definition) is 4. The smallest absolute Gasteiger partial charge is 0.220 e. The Morgan fingerprint density at radius 3 is 1.13 bits per heavy atom. The Morgan fingerprint density at radius 1 is 0.368 bits per heavy atom. The number of H-pyrrole nitrogens is 2. The molecule has 7 heterocycles. The zero-order chi connectivity index (χ0) is 81.7. The van der Waals surface area contributed by atoms with E-state index in [1.165, 1.54) is 254 Å². The number of carbonyl (C=O) groups is 2. The van der Waals surface area contributed by atoms with Crippen LogP contribution in [0.5, 0.6) is 0 Å². The van der Waals surface area contributed by atoms with Crippen molar-refractivity contribution in [2.45, 2.75) is 337 Å². The predicted octanol–water partition coefficient (Wildman–Crippen LogP) is 20.8. The number of nitrogens with one attached hydrogen (secondary N) is 4. The number of hydrogen-bond acceptors (Lipinski definition) is 12. The first-order valence-electron chi connectivity index (χ1n) is 47.7. The first-order chi connectivity index (χ1) is 55.4. The van der Waals surface area contributed by atoms with Crippen LogP contribution in [0.25, 0.3) is 44.4 Å². The summed E-state index contributed by atoms with van der Waals surface area (Å²) in [6, 6.07) is 10.1. The summed E-state index contributed by atoms with van der Waals surface area (Å²) in [5.41, 5.74) is 17.2. The minimum absolute atomic E-state index is 0.0873. The van der Waals surface area contributed by atoms with Crippen molar-refractivity contribution in [3.63, 3.8) is 0 Å². The molecule has 0 radical (unpaired) electrons. The van der Waals surface area contributed by atoms with E-state index in [2.05, 4.69) is 182 Å². The maximum Gasteiger partial charge on any atom is 0.220 e. The third-order valence-electron chi connectivity index (χ3n) is 26.5. The summed E-state index contributed by atoms with van der Waals surface area (Å²) >= 11 is 0. The Bertz CT molecular complexity index is 3420. The molecular weight excluding hydrogens is 1410 g/mol. The molecule has 2 fully saturated rings. The summed E-state index contributed by atoms with van der Waals surface area (Å²) in [5.74, 6) is 0.178. The SMILES string of the molecule is CCCCCCCCCCCCCC1CCN(CCCNC(=O)CCC2=C(C)c3cc4[nH]c(cc5nc(cc6[nH]c(cc2n3)c(CCC(=O)NCCCN2CCCN(C)CCCCN(C)CCCN(C)C(CCCCCCCCCCCCC)CC2)c6C)C(C)=C5CC)c(C)c4CC)CCCN(C)CCCCN(C)CCCN1C. The van der Waals surface area contributed by atoms with Gasteiger partial charge in [-0.3, -0.25) is 9.59 Å². The van der Waals surface area contributed by atoms with Crippen LogP contribution in [0.2, 0.25) is 0 Å². The molecule has 7 rings (SSSR count). The summed E-state index contributed by atoms with van der Waals surface area (Å²) in [6.07, 6.45) is 50.6. The monoisotopic (exact) mass is 1580 g/mol. The highest BCUT2D eigenvalue weighted by molar-refractivity contribution is 5.96. The molecule has 0 aromatic carbocycles. The number of nitrogens with zero attached hydrogens (tertiary/aromatic N) is 10. The van der Waals surface area contributed by atoms with Crippen molar-refractivity contribution in [3.05, 3.63) is 69.3 Å². The van der Waals surface area contributed by atoms with Crippen LogP contribution < -0.4 is 10.6 Å². The van der Waals surface area contributed by atoms with Crippen molar-refractivity contribution >= 4 is 56.2 Å². The van der Waals surface area contributed by atoms with Crippen LogP contribution in [0.4, 0.5) is 0 Å². The average molecular weight is 1580 g/mol. The number of amides is 2. The van der Waals surface area contributed by atoms with E-state index in [4.69, 9.17) is 9.97 Å². The van der Waals surface area contributed by atoms with Gasteiger partial charge in [-0.2, -0.15) is 0 Å². The van der Waals surface area contributed by atoms with Crippen molar-refractivity contribution in [1.82, 2.24) is 69.8 Å². The Hall–Kier alpha value is -4.78. The molecule has 2 unspecified atom stereocenters. The van der Waals surface area contributed by atoms with E-state index in [1.807, 2.05) is 0 Å². The molecule has 4 aliphatic heterocycles. The molecule has 0 aliphatic carbocycles. The van der Waals surface area contributed by atoms with E-state index in [0.717, 1.165) is 184 Å². The van der Waals surface area contributed by atoms with Crippen LogP contribution in [0.1, 0.15) is 343 Å². The van der Waals surface area contributed by atoms with E-state index < -0.39 is 0 Å². The number of unbranched alkanes of at least 4 members (excludes halogenated alkanes) is 20. The molecule has 16 heteroatoms. The van der Waals surface area contributed by atoms with Crippen molar-refractivity contribution < 1.29 is 9.59 Å². The molecule has 4 aliphatic rings. The van der Waals surface area contributed by atoms with E-state index in [0.29, 0.717) is 50.9 Å². The van der Waals surface area contributed by atoms with Gasteiger partial charge < -0.3 is 59.8 Å². The van der Waals surface area contributed by atoms with Gasteiger partial charge >= 0.3 is 0 Å². The molecule has 2 atom stereocenters. The van der Waals surface area contributed by atoms with Crippen LogP contribution in [0, 0.1) is 13.8 Å². The lowest BCUT2D eigenvalue weighted by Gasteiger charge is -2.32. The first kappa shape index (κ1) is 96.4. The fraction of sp³-hybridized carbons (Fsp3) is 0.776. The topological polar surface area (TPSA) is 141 Å². The van der Waals surface area contributed by atoms with Gasteiger partial charge in [0.2, 0.25) is 11.8 Å². The van der Waals surface area contributed by atoms with Gasteiger partial charge in [-0.15, -0.1) is 0 Å². The second-order valence-electron chi connectivity index (χ2n) is 36.0. The lowest BCUT2D eigenvalue weighted by molar-refractivity contribution is -0.121. The summed E-state index contributed by atoms with van der Waals surface area (Å²) in [4.78, 5) is 68.4. The lowest BCUT2D eigenvalue weighted by atomic mass is 9.99. The Balaban J connectivity index is 1.04. The maximum absolute atomic E-state index is 14.3. The van der Waals surface area contributed by atoms with Gasteiger partial charge in [0.25, 0.3) is 0 Å². The van der Waals surface area contributed by atoms with Crippen molar-refractivity contribution in [1.29, 1.82) is 0 Å². The highest BCUT2D eigenvalue weighted by Gasteiger charge is 2.25. The van der Waals surface area contributed by atoms with Crippen molar-refractivity contribution in [2.75, 3.05) is 160 Å². The van der Waals surface area contributed by atoms with Gasteiger partial charge in [-0.25, -0.2) is 9.97 Å². The molecule has 2 saturated heterocycles.